The van der Waals surface area contributed by atoms with Crippen LogP contribution in [0.2, 0.25) is 0 Å². The largest absolute Gasteiger partial charge is 0.467 e. The van der Waals surface area contributed by atoms with Gasteiger partial charge in [-0.15, -0.1) is 0 Å². The number of rotatable bonds is 6. The summed E-state index contributed by atoms with van der Waals surface area (Å²) in [6.45, 7) is 3.02. The molecule has 22 heavy (non-hydrogen) atoms. The highest BCUT2D eigenvalue weighted by atomic mass is 16.5. The van der Waals surface area contributed by atoms with E-state index in [0.29, 0.717) is 19.5 Å². The van der Waals surface area contributed by atoms with Gasteiger partial charge < -0.3 is 9.72 Å². The summed E-state index contributed by atoms with van der Waals surface area (Å²) >= 11 is 0. The number of aromatic amines is 1. The molecule has 1 N–H and O–H groups in total. The Morgan fingerprint density at radius 2 is 1.95 bits per heavy atom. The molecule has 0 bridgehead atoms. The van der Waals surface area contributed by atoms with Crippen molar-refractivity contribution in [2.45, 2.75) is 19.8 Å². The van der Waals surface area contributed by atoms with Gasteiger partial charge in [-0.2, -0.15) is 0 Å². The smallest absolute Gasteiger partial charge is 0.293 e. The van der Waals surface area contributed by atoms with Gasteiger partial charge in [-0.3, -0.25) is 4.79 Å². The van der Waals surface area contributed by atoms with Crippen LogP contribution in [0, 0.1) is 6.92 Å². The first kappa shape index (κ1) is 14.4. The lowest BCUT2D eigenvalue weighted by molar-refractivity contribution is -0.128. The second kappa shape index (κ2) is 6.48. The van der Waals surface area contributed by atoms with Crippen molar-refractivity contribution in [3.63, 3.8) is 0 Å². The second-order valence-corrected chi connectivity index (χ2v) is 5.50. The summed E-state index contributed by atoms with van der Waals surface area (Å²) < 4.78 is 4.79. The van der Waals surface area contributed by atoms with Crippen molar-refractivity contribution in [2.75, 3.05) is 6.61 Å². The van der Waals surface area contributed by atoms with Gasteiger partial charge >= 0.3 is 0 Å². The zero-order valence-electron chi connectivity index (χ0n) is 12.6. The SMILES string of the molecule is Cc1ccc(Cc2ccccc2)c2[nH]c(CCOC=O)cc12. The van der Waals surface area contributed by atoms with E-state index in [9.17, 15) is 4.79 Å². The van der Waals surface area contributed by atoms with Crippen LogP contribution in [-0.2, 0) is 22.4 Å². The molecule has 0 aliphatic carbocycles. The summed E-state index contributed by atoms with van der Waals surface area (Å²) in [5, 5.41) is 1.24. The summed E-state index contributed by atoms with van der Waals surface area (Å²) in [4.78, 5) is 13.7. The summed E-state index contributed by atoms with van der Waals surface area (Å²) in [7, 11) is 0. The Bertz CT molecular complexity index is 775. The van der Waals surface area contributed by atoms with Crippen LogP contribution < -0.4 is 0 Å². The van der Waals surface area contributed by atoms with Gasteiger partial charge in [-0.25, -0.2) is 0 Å². The standard InChI is InChI=1S/C19H19NO2/c1-14-7-8-16(11-15-5-3-2-4-6-15)19-18(14)12-17(20-19)9-10-22-13-21/h2-8,12-13,20H,9-11H2,1H3. The van der Waals surface area contributed by atoms with Crippen molar-refractivity contribution in [1.29, 1.82) is 0 Å². The minimum absolute atomic E-state index is 0.406. The number of nitrogens with one attached hydrogen (secondary N) is 1. The van der Waals surface area contributed by atoms with Gasteiger partial charge in [0, 0.05) is 23.0 Å². The van der Waals surface area contributed by atoms with Crippen molar-refractivity contribution < 1.29 is 9.53 Å². The van der Waals surface area contributed by atoms with Crippen molar-refractivity contribution in [3.8, 4) is 0 Å². The first-order chi connectivity index (χ1) is 10.8. The van der Waals surface area contributed by atoms with E-state index in [1.807, 2.05) is 6.07 Å². The zero-order valence-corrected chi connectivity index (χ0v) is 12.6. The minimum atomic E-state index is 0.406. The molecule has 0 unspecified atom stereocenters. The molecule has 3 heteroatoms. The Morgan fingerprint density at radius 3 is 2.73 bits per heavy atom. The molecule has 0 saturated heterocycles. The van der Waals surface area contributed by atoms with E-state index in [1.54, 1.807) is 0 Å². The minimum Gasteiger partial charge on any atom is -0.467 e. The van der Waals surface area contributed by atoms with Crippen LogP contribution >= 0.6 is 0 Å². The maximum atomic E-state index is 10.2. The van der Waals surface area contributed by atoms with Crippen molar-refractivity contribution in [1.82, 2.24) is 4.98 Å². The quantitative estimate of drug-likeness (QED) is 0.555. The monoisotopic (exact) mass is 293 g/mol. The molecule has 0 radical (unpaired) electrons. The Balaban J connectivity index is 1.93. The third-order valence-electron chi connectivity index (χ3n) is 3.95. The summed E-state index contributed by atoms with van der Waals surface area (Å²) in [6.07, 6.45) is 1.61. The fraction of sp³-hybridized carbons (Fsp3) is 0.211. The van der Waals surface area contributed by atoms with Crippen LogP contribution in [0.15, 0.2) is 48.5 Å². The molecule has 1 heterocycles. The van der Waals surface area contributed by atoms with Crippen molar-refractivity contribution in [2.24, 2.45) is 0 Å². The molecule has 0 spiro atoms. The van der Waals surface area contributed by atoms with Gasteiger partial charge in [-0.1, -0.05) is 42.5 Å². The van der Waals surface area contributed by atoms with Gasteiger partial charge in [0.1, 0.15) is 0 Å². The molecule has 0 aliphatic heterocycles. The predicted octanol–water partition coefficient (Wildman–Crippen LogP) is 3.78. The fourth-order valence-electron chi connectivity index (χ4n) is 2.79. The normalized spacial score (nSPS) is 10.8. The van der Waals surface area contributed by atoms with E-state index in [0.717, 1.165) is 12.1 Å². The third kappa shape index (κ3) is 3.03. The number of benzene rings is 2. The number of ether oxygens (including phenoxy) is 1. The number of fused-ring (bicyclic) bond motifs is 1. The number of aryl methyl sites for hydroxylation is 1. The predicted molar refractivity (Wildman–Crippen MR) is 88.0 cm³/mol. The van der Waals surface area contributed by atoms with E-state index in [2.05, 4.69) is 54.4 Å². The topological polar surface area (TPSA) is 42.1 Å². The van der Waals surface area contributed by atoms with Crippen molar-refractivity contribution >= 4 is 17.4 Å². The summed E-state index contributed by atoms with van der Waals surface area (Å²) in [5.74, 6) is 0. The highest BCUT2D eigenvalue weighted by Gasteiger charge is 2.09. The Morgan fingerprint density at radius 1 is 1.14 bits per heavy atom. The number of hydrogen-bond donors (Lipinski definition) is 1. The summed E-state index contributed by atoms with van der Waals surface area (Å²) in [6, 6.07) is 17.0. The lowest BCUT2D eigenvalue weighted by Crippen LogP contribution is -1.96. The number of carbonyl (C=O) groups excluding carboxylic acids is 1. The second-order valence-electron chi connectivity index (χ2n) is 5.50. The Kier molecular flexibility index (Phi) is 4.24. The lowest BCUT2D eigenvalue weighted by Gasteiger charge is -2.06. The molecule has 0 saturated carbocycles. The van der Waals surface area contributed by atoms with Crippen molar-refractivity contribution in [3.05, 3.63) is 70.9 Å². The van der Waals surface area contributed by atoms with Gasteiger partial charge in [0.15, 0.2) is 0 Å². The zero-order chi connectivity index (χ0) is 15.4. The number of hydrogen-bond acceptors (Lipinski definition) is 2. The van der Waals surface area contributed by atoms with Gasteiger partial charge in [0.25, 0.3) is 6.47 Å². The number of carbonyl (C=O) groups is 1. The molecule has 112 valence electrons. The van der Waals surface area contributed by atoms with Gasteiger partial charge in [0.05, 0.1) is 6.61 Å². The average molecular weight is 293 g/mol. The lowest BCUT2D eigenvalue weighted by atomic mass is 10.0. The van der Waals surface area contributed by atoms with Crippen LogP contribution in [0.4, 0.5) is 0 Å². The van der Waals surface area contributed by atoms with E-state index >= 15 is 0 Å². The molecule has 0 fully saturated rings. The van der Waals surface area contributed by atoms with Gasteiger partial charge in [-0.05, 0) is 36.1 Å². The highest BCUT2D eigenvalue weighted by Crippen LogP contribution is 2.25. The molecule has 3 nitrogen and oxygen atoms in total. The first-order valence-corrected chi connectivity index (χ1v) is 7.47. The molecular weight excluding hydrogens is 274 g/mol. The summed E-state index contributed by atoms with van der Waals surface area (Å²) in [5.41, 5.74) is 6.12. The van der Waals surface area contributed by atoms with Crippen LogP contribution in [0.3, 0.4) is 0 Å². The van der Waals surface area contributed by atoms with Crippen LogP contribution in [-0.4, -0.2) is 18.1 Å². The molecule has 1 aromatic heterocycles. The van der Waals surface area contributed by atoms with Crippen LogP contribution in [0.25, 0.3) is 10.9 Å². The molecular formula is C19H19NO2. The molecule has 3 aromatic rings. The maximum absolute atomic E-state index is 10.2. The highest BCUT2D eigenvalue weighted by molar-refractivity contribution is 5.87. The van der Waals surface area contributed by atoms with Crippen LogP contribution in [0.1, 0.15) is 22.4 Å². The number of H-pyrrole nitrogens is 1. The van der Waals surface area contributed by atoms with Crippen LogP contribution in [0.5, 0.6) is 0 Å². The van der Waals surface area contributed by atoms with E-state index in [4.69, 9.17) is 4.74 Å². The number of aromatic nitrogens is 1. The molecule has 2 aromatic carbocycles. The average Bonchev–Trinajstić information content (AvgIpc) is 2.97. The van der Waals surface area contributed by atoms with E-state index in [-0.39, 0.29) is 0 Å². The maximum Gasteiger partial charge on any atom is 0.293 e. The fourth-order valence-corrected chi connectivity index (χ4v) is 2.79. The molecule has 0 aliphatic rings. The molecule has 3 rings (SSSR count). The van der Waals surface area contributed by atoms with Gasteiger partial charge in [0.2, 0.25) is 0 Å². The molecule has 0 amide bonds. The van der Waals surface area contributed by atoms with E-state index in [1.165, 1.54) is 27.6 Å². The third-order valence-corrected chi connectivity index (χ3v) is 3.95. The Hall–Kier alpha value is -2.55. The Labute approximate surface area is 129 Å². The van der Waals surface area contributed by atoms with E-state index < -0.39 is 0 Å². The first-order valence-electron chi connectivity index (χ1n) is 7.47. The molecule has 0 atom stereocenters.